The van der Waals surface area contributed by atoms with Crippen LogP contribution in [0.3, 0.4) is 0 Å². The predicted octanol–water partition coefficient (Wildman–Crippen LogP) is 12.6. The van der Waals surface area contributed by atoms with E-state index in [2.05, 4.69) is 47.9 Å². The molecule has 2 aromatic heterocycles. The highest BCUT2D eigenvalue weighted by molar-refractivity contribution is 6.10. The molecule has 260 valence electrons. The number of hydrogen-bond acceptors (Lipinski definition) is 3. The molecule has 0 radical (unpaired) electrons. The van der Waals surface area contributed by atoms with Gasteiger partial charge in [0.2, 0.25) is 0 Å². The zero-order valence-corrected chi connectivity index (χ0v) is 29.1. The standard InChI is InChI=1S/C47H31F3N4/c1-30-14-8-9-19-35(30)33-24-26-38-37-21-11-13-23-42(37)54(43(38)28-33)34-25-27-39(40(29-34)36-20-10-12-22-41(36)47(48,49)50)46-52-44(31-15-4-2-5-16-31)51-45(53-46)32-17-6-3-7-18-32/h2-29H,1H3. The van der Waals surface area contributed by atoms with Crippen molar-refractivity contribution in [3.63, 3.8) is 0 Å². The van der Waals surface area contributed by atoms with Crippen LogP contribution in [-0.4, -0.2) is 19.5 Å². The molecule has 7 heteroatoms. The molecule has 0 saturated carbocycles. The first-order chi connectivity index (χ1) is 26.3. The number of alkyl halides is 3. The molecule has 0 spiro atoms. The van der Waals surface area contributed by atoms with Gasteiger partial charge in [0.15, 0.2) is 17.5 Å². The molecule has 0 N–H and O–H groups in total. The molecule has 0 aliphatic heterocycles. The summed E-state index contributed by atoms with van der Waals surface area (Å²) in [5.74, 6) is 1.11. The molecule has 0 bridgehead atoms. The molecule has 9 rings (SSSR count). The molecule has 0 amide bonds. The normalized spacial score (nSPS) is 11.7. The quantitative estimate of drug-likeness (QED) is 0.173. The minimum atomic E-state index is -4.61. The zero-order valence-electron chi connectivity index (χ0n) is 29.1. The molecule has 0 fully saturated rings. The highest BCUT2D eigenvalue weighted by Gasteiger charge is 2.34. The van der Waals surface area contributed by atoms with Crippen LogP contribution in [-0.2, 0) is 6.18 Å². The van der Waals surface area contributed by atoms with Crippen molar-refractivity contribution in [3.05, 3.63) is 181 Å². The number of halogens is 3. The van der Waals surface area contributed by atoms with Crippen LogP contribution in [0.5, 0.6) is 0 Å². The molecule has 4 nitrogen and oxygen atoms in total. The van der Waals surface area contributed by atoms with Crippen molar-refractivity contribution < 1.29 is 13.2 Å². The number of rotatable bonds is 6. The Balaban J connectivity index is 1.34. The lowest BCUT2D eigenvalue weighted by molar-refractivity contribution is -0.137. The Bertz CT molecular complexity index is 2770. The van der Waals surface area contributed by atoms with E-state index in [9.17, 15) is 13.2 Å². The lowest BCUT2D eigenvalue weighted by Gasteiger charge is -2.18. The first-order valence-electron chi connectivity index (χ1n) is 17.6. The van der Waals surface area contributed by atoms with Gasteiger partial charge in [-0.15, -0.1) is 0 Å². The molecule has 0 unspecified atom stereocenters. The third-order valence-electron chi connectivity index (χ3n) is 9.85. The summed E-state index contributed by atoms with van der Waals surface area (Å²) >= 11 is 0. The smallest absolute Gasteiger partial charge is 0.309 e. The second-order valence-corrected chi connectivity index (χ2v) is 13.2. The molecule has 0 atom stereocenters. The predicted molar refractivity (Wildman–Crippen MR) is 211 cm³/mol. The van der Waals surface area contributed by atoms with Crippen LogP contribution < -0.4 is 0 Å². The van der Waals surface area contributed by atoms with Crippen molar-refractivity contribution in [2.45, 2.75) is 13.1 Å². The Hall–Kier alpha value is -6.86. The fraction of sp³-hybridized carbons (Fsp3) is 0.0426. The number of fused-ring (bicyclic) bond motifs is 3. The van der Waals surface area contributed by atoms with E-state index < -0.39 is 11.7 Å². The van der Waals surface area contributed by atoms with Gasteiger partial charge >= 0.3 is 6.18 Å². The molecule has 9 aromatic rings. The minimum Gasteiger partial charge on any atom is -0.309 e. The third kappa shape index (κ3) is 5.90. The summed E-state index contributed by atoms with van der Waals surface area (Å²) in [7, 11) is 0. The number of hydrogen-bond donors (Lipinski definition) is 0. The van der Waals surface area contributed by atoms with E-state index in [0.29, 0.717) is 28.5 Å². The number of nitrogens with zero attached hydrogens (tertiary/aromatic N) is 4. The molecule has 0 aliphatic carbocycles. The second-order valence-electron chi connectivity index (χ2n) is 13.2. The average molecular weight is 709 g/mol. The summed E-state index contributed by atoms with van der Waals surface area (Å²) in [5.41, 5.74) is 7.53. The van der Waals surface area contributed by atoms with E-state index in [0.717, 1.165) is 55.7 Å². The fourth-order valence-electron chi connectivity index (χ4n) is 7.30. The summed E-state index contributed by atoms with van der Waals surface area (Å²) in [5, 5.41) is 2.09. The first-order valence-corrected chi connectivity index (χ1v) is 17.6. The average Bonchev–Trinajstić information content (AvgIpc) is 3.54. The number of aryl methyl sites for hydroxylation is 1. The van der Waals surface area contributed by atoms with E-state index in [1.54, 1.807) is 6.07 Å². The molecule has 7 aromatic carbocycles. The lowest BCUT2D eigenvalue weighted by Crippen LogP contribution is -2.08. The van der Waals surface area contributed by atoms with Crippen LogP contribution in [0.2, 0.25) is 0 Å². The van der Waals surface area contributed by atoms with Crippen molar-refractivity contribution in [3.8, 4) is 62.1 Å². The van der Waals surface area contributed by atoms with Gasteiger partial charge in [-0.2, -0.15) is 13.2 Å². The van der Waals surface area contributed by atoms with Crippen LogP contribution >= 0.6 is 0 Å². The molecular formula is C47H31F3N4. The van der Waals surface area contributed by atoms with Crippen molar-refractivity contribution in [1.29, 1.82) is 0 Å². The van der Waals surface area contributed by atoms with Crippen LogP contribution in [0.15, 0.2) is 170 Å². The Labute approximate surface area is 309 Å². The molecule has 2 heterocycles. The maximum absolute atomic E-state index is 14.8. The largest absolute Gasteiger partial charge is 0.417 e. The summed E-state index contributed by atoms with van der Waals surface area (Å²) in [4.78, 5) is 14.6. The Morgan fingerprint density at radius 2 is 1.00 bits per heavy atom. The van der Waals surface area contributed by atoms with Gasteiger partial charge in [0.25, 0.3) is 0 Å². The first kappa shape index (κ1) is 33.0. The third-order valence-corrected chi connectivity index (χ3v) is 9.85. The van der Waals surface area contributed by atoms with E-state index in [1.165, 1.54) is 12.1 Å². The van der Waals surface area contributed by atoms with E-state index in [-0.39, 0.29) is 11.4 Å². The molecular weight excluding hydrogens is 678 g/mol. The second kappa shape index (κ2) is 13.3. The van der Waals surface area contributed by atoms with Crippen LogP contribution in [0.1, 0.15) is 11.1 Å². The van der Waals surface area contributed by atoms with Gasteiger partial charge in [-0.05, 0) is 71.1 Å². The maximum atomic E-state index is 14.8. The Morgan fingerprint density at radius 3 is 1.69 bits per heavy atom. The van der Waals surface area contributed by atoms with Crippen LogP contribution in [0, 0.1) is 6.92 Å². The molecule has 0 saturated heterocycles. The summed E-state index contributed by atoms with van der Waals surface area (Å²) in [6.45, 7) is 2.09. The van der Waals surface area contributed by atoms with Crippen LogP contribution in [0.25, 0.3) is 83.9 Å². The van der Waals surface area contributed by atoms with E-state index in [4.69, 9.17) is 15.0 Å². The van der Waals surface area contributed by atoms with Crippen molar-refractivity contribution in [2.75, 3.05) is 0 Å². The SMILES string of the molecule is Cc1ccccc1-c1ccc2c3ccccc3n(-c3ccc(-c4nc(-c5ccccc5)nc(-c5ccccc5)n4)c(-c4ccccc4C(F)(F)F)c3)c2c1. The highest BCUT2D eigenvalue weighted by Crippen LogP contribution is 2.43. The van der Waals surface area contributed by atoms with Gasteiger partial charge in [-0.1, -0.05) is 133 Å². The van der Waals surface area contributed by atoms with Gasteiger partial charge in [0.1, 0.15) is 0 Å². The summed E-state index contributed by atoms with van der Waals surface area (Å²) < 4.78 is 46.6. The van der Waals surface area contributed by atoms with Gasteiger partial charge in [0.05, 0.1) is 16.6 Å². The summed E-state index contributed by atoms with van der Waals surface area (Å²) in [6.07, 6.45) is -4.61. The Morgan fingerprint density at radius 1 is 0.426 bits per heavy atom. The molecule has 0 aliphatic rings. The molecule has 54 heavy (non-hydrogen) atoms. The highest BCUT2D eigenvalue weighted by atomic mass is 19.4. The van der Waals surface area contributed by atoms with Crippen molar-refractivity contribution >= 4 is 21.8 Å². The monoisotopic (exact) mass is 708 g/mol. The van der Waals surface area contributed by atoms with E-state index >= 15 is 0 Å². The fourth-order valence-corrected chi connectivity index (χ4v) is 7.30. The van der Waals surface area contributed by atoms with E-state index in [1.807, 2.05) is 109 Å². The lowest BCUT2D eigenvalue weighted by atomic mass is 9.93. The summed E-state index contributed by atoms with van der Waals surface area (Å²) in [6, 6.07) is 53.1. The van der Waals surface area contributed by atoms with Gasteiger partial charge in [-0.25, -0.2) is 15.0 Å². The van der Waals surface area contributed by atoms with Gasteiger partial charge in [0, 0.05) is 33.2 Å². The zero-order chi connectivity index (χ0) is 36.8. The van der Waals surface area contributed by atoms with Crippen LogP contribution in [0.4, 0.5) is 13.2 Å². The topological polar surface area (TPSA) is 43.6 Å². The number of para-hydroxylation sites is 1. The minimum absolute atomic E-state index is 0.0335. The van der Waals surface area contributed by atoms with Gasteiger partial charge < -0.3 is 4.57 Å². The maximum Gasteiger partial charge on any atom is 0.417 e. The number of benzene rings is 7. The Kier molecular flexibility index (Phi) is 8.12. The van der Waals surface area contributed by atoms with Crippen molar-refractivity contribution in [2.24, 2.45) is 0 Å². The van der Waals surface area contributed by atoms with Gasteiger partial charge in [-0.3, -0.25) is 0 Å². The number of aromatic nitrogens is 4. The van der Waals surface area contributed by atoms with Crippen molar-refractivity contribution in [1.82, 2.24) is 19.5 Å².